The molecule has 1 unspecified atom stereocenters. The van der Waals surface area contributed by atoms with E-state index in [4.69, 9.17) is 4.74 Å². The molecule has 1 heterocycles. The van der Waals surface area contributed by atoms with Crippen LogP contribution in [-0.2, 0) is 0 Å². The van der Waals surface area contributed by atoms with E-state index in [2.05, 4.69) is 21.9 Å². The standard InChI is InChI=1S/C11H17N3O/c1-5-9(4)13-11-12-7-6-10(14-11)15-8(2)3/h5-9H,1H2,2-4H3,(H,12,13,14). The van der Waals surface area contributed by atoms with E-state index in [-0.39, 0.29) is 12.1 Å². The van der Waals surface area contributed by atoms with Gasteiger partial charge >= 0.3 is 0 Å². The molecule has 1 rings (SSSR count). The molecule has 0 spiro atoms. The number of nitrogens with one attached hydrogen (secondary N) is 1. The fourth-order valence-electron chi connectivity index (χ4n) is 0.981. The zero-order valence-corrected chi connectivity index (χ0v) is 9.40. The van der Waals surface area contributed by atoms with Gasteiger partial charge in [-0.2, -0.15) is 4.98 Å². The molecule has 0 aliphatic carbocycles. The van der Waals surface area contributed by atoms with Gasteiger partial charge < -0.3 is 10.1 Å². The lowest BCUT2D eigenvalue weighted by Gasteiger charge is -2.11. The molecular formula is C11H17N3O. The van der Waals surface area contributed by atoms with E-state index in [1.165, 1.54) is 0 Å². The lowest BCUT2D eigenvalue weighted by atomic mass is 10.3. The molecule has 15 heavy (non-hydrogen) atoms. The summed E-state index contributed by atoms with van der Waals surface area (Å²) in [5, 5.41) is 3.08. The van der Waals surface area contributed by atoms with Crippen molar-refractivity contribution in [3.05, 3.63) is 24.9 Å². The Morgan fingerprint density at radius 3 is 2.80 bits per heavy atom. The summed E-state index contributed by atoms with van der Waals surface area (Å²) in [4.78, 5) is 8.29. The van der Waals surface area contributed by atoms with Gasteiger partial charge in [-0.1, -0.05) is 6.08 Å². The van der Waals surface area contributed by atoms with Gasteiger partial charge in [-0.3, -0.25) is 0 Å². The van der Waals surface area contributed by atoms with Gasteiger partial charge in [0.1, 0.15) is 0 Å². The van der Waals surface area contributed by atoms with Crippen LogP contribution in [0.4, 0.5) is 5.95 Å². The number of rotatable bonds is 5. The van der Waals surface area contributed by atoms with Gasteiger partial charge in [0.15, 0.2) is 0 Å². The monoisotopic (exact) mass is 207 g/mol. The van der Waals surface area contributed by atoms with Crippen molar-refractivity contribution in [2.75, 3.05) is 5.32 Å². The van der Waals surface area contributed by atoms with Gasteiger partial charge in [0.25, 0.3) is 0 Å². The minimum Gasteiger partial charge on any atom is -0.475 e. The predicted octanol–water partition coefficient (Wildman–Crippen LogP) is 2.25. The lowest BCUT2D eigenvalue weighted by molar-refractivity contribution is 0.232. The number of hydrogen-bond acceptors (Lipinski definition) is 4. The molecule has 0 aromatic carbocycles. The van der Waals surface area contributed by atoms with Crippen molar-refractivity contribution < 1.29 is 4.74 Å². The van der Waals surface area contributed by atoms with E-state index < -0.39 is 0 Å². The molecule has 82 valence electrons. The molecule has 0 radical (unpaired) electrons. The van der Waals surface area contributed by atoms with Crippen LogP contribution in [0, 0.1) is 0 Å². The number of ether oxygens (including phenoxy) is 1. The molecule has 4 nitrogen and oxygen atoms in total. The summed E-state index contributed by atoms with van der Waals surface area (Å²) in [5.41, 5.74) is 0. The van der Waals surface area contributed by atoms with E-state index >= 15 is 0 Å². The SMILES string of the molecule is C=CC(C)Nc1nccc(OC(C)C)n1. The highest BCUT2D eigenvalue weighted by molar-refractivity contribution is 5.29. The van der Waals surface area contributed by atoms with Crippen LogP contribution in [-0.4, -0.2) is 22.1 Å². The van der Waals surface area contributed by atoms with Crippen molar-refractivity contribution >= 4 is 5.95 Å². The number of hydrogen-bond donors (Lipinski definition) is 1. The zero-order valence-electron chi connectivity index (χ0n) is 9.40. The molecule has 0 bridgehead atoms. The van der Waals surface area contributed by atoms with E-state index in [0.29, 0.717) is 11.8 Å². The van der Waals surface area contributed by atoms with Crippen LogP contribution in [0.5, 0.6) is 5.88 Å². The van der Waals surface area contributed by atoms with Gasteiger partial charge in [-0.15, -0.1) is 6.58 Å². The van der Waals surface area contributed by atoms with Crippen LogP contribution >= 0.6 is 0 Å². The smallest absolute Gasteiger partial charge is 0.226 e. The van der Waals surface area contributed by atoms with E-state index in [1.54, 1.807) is 18.3 Å². The first-order valence-electron chi connectivity index (χ1n) is 5.00. The Balaban J connectivity index is 2.69. The maximum absolute atomic E-state index is 5.45. The molecular weight excluding hydrogens is 190 g/mol. The first kappa shape index (κ1) is 11.5. The van der Waals surface area contributed by atoms with Crippen LogP contribution in [0.1, 0.15) is 20.8 Å². The minimum atomic E-state index is 0.115. The van der Waals surface area contributed by atoms with Crippen LogP contribution in [0.25, 0.3) is 0 Å². The Kier molecular flexibility index (Phi) is 4.09. The summed E-state index contributed by atoms with van der Waals surface area (Å²) in [5.74, 6) is 1.14. The number of aromatic nitrogens is 2. The average molecular weight is 207 g/mol. The van der Waals surface area contributed by atoms with Crippen molar-refractivity contribution in [1.82, 2.24) is 9.97 Å². The van der Waals surface area contributed by atoms with Gasteiger partial charge in [0, 0.05) is 18.3 Å². The van der Waals surface area contributed by atoms with E-state index in [9.17, 15) is 0 Å². The molecule has 0 aliphatic rings. The number of anilines is 1. The molecule has 1 aromatic heterocycles. The Morgan fingerprint density at radius 1 is 1.47 bits per heavy atom. The largest absolute Gasteiger partial charge is 0.475 e. The fraction of sp³-hybridized carbons (Fsp3) is 0.455. The Bertz CT molecular complexity index is 325. The molecule has 0 saturated heterocycles. The summed E-state index contributed by atoms with van der Waals surface area (Å²) in [6.07, 6.45) is 3.58. The molecule has 0 amide bonds. The third kappa shape index (κ3) is 3.97. The van der Waals surface area contributed by atoms with Gasteiger partial charge in [-0.05, 0) is 20.8 Å². The first-order valence-corrected chi connectivity index (χ1v) is 5.00. The van der Waals surface area contributed by atoms with Crippen molar-refractivity contribution in [2.24, 2.45) is 0 Å². The van der Waals surface area contributed by atoms with Crippen LogP contribution in [0.15, 0.2) is 24.9 Å². The second-order valence-electron chi connectivity index (χ2n) is 3.55. The topological polar surface area (TPSA) is 47.0 Å². The maximum atomic E-state index is 5.45. The quantitative estimate of drug-likeness (QED) is 0.752. The molecule has 1 atom stereocenters. The third-order valence-corrected chi connectivity index (χ3v) is 1.70. The van der Waals surface area contributed by atoms with Crippen LogP contribution in [0.2, 0.25) is 0 Å². The lowest BCUT2D eigenvalue weighted by Crippen LogP contribution is -2.14. The van der Waals surface area contributed by atoms with Gasteiger partial charge in [0.05, 0.1) is 6.10 Å². The first-order chi connectivity index (χ1) is 7.11. The highest BCUT2D eigenvalue weighted by Crippen LogP contribution is 2.10. The molecule has 0 saturated carbocycles. The average Bonchev–Trinajstić information content (AvgIpc) is 2.17. The highest BCUT2D eigenvalue weighted by Gasteiger charge is 2.03. The second kappa shape index (κ2) is 5.34. The normalized spacial score (nSPS) is 12.3. The Morgan fingerprint density at radius 2 is 2.20 bits per heavy atom. The predicted molar refractivity (Wildman–Crippen MR) is 61.1 cm³/mol. The summed E-state index contributed by atoms with van der Waals surface area (Å²) in [6, 6.07) is 1.88. The van der Waals surface area contributed by atoms with Crippen molar-refractivity contribution in [1.29, 1.82) is 0 Å². The summed E-state index contributed by atoms with van der Waals surface area (Å²) >= 11 is 0. The molecule has 0 fully saturated rings. The van der Waals surface area contributed by atoms with Gasteiger partial charge in [0.2, 0.25) is 11.8 Å². The van der Waals surface area contributed by atoms with Crippen molar-refractivity contribution in [2.45, 2.75) is 32.9 Å². The second-order valence-corrected chi connectivity index (χ2v) is 3.55. The highest BCUT2D eigenvalue weighted by atomic mass is 16.5. The van der Waals surface area contributed by atoms with Crippen LogP contribution < -0.4 is 10.1 Å². The molecule has 4 heteroatoms. The third-order valence-electron chi connectivity index (χ3n) is 1.70. The molecule has 1 aromatic rings. The van der Waals surface area contributed by atoms with Crippen molar-refractivity contribution in [3.8, 4) is 5.88 Å². The van der Waals surface area contributed by atoms with E-state index in [0.717, 1.165) is 0 Å². The summed E-state index contributed by atoms with van der Waals surface area (Å²) in [7, 11) is 0. The summed E-state index contributed by atoms with van der Waals surface area (Å²) in [6.45, 7) is 9.58. The maximum Gasteiger partial charge on any atom is 0.226 e. The summed E-state index contributed by atoms with van der Waals surface area (Å²) < 4.78 is 5.45. The Labute approximate surface area is 90.4 Å². The molecule has 0 aliphatic heterocycles. The fourth-order valence-corrected chi connectivity index (χ4v) is 0.981. The zero-order chi connectivity index (χ0) is 11.3. The minimum absolute atomic E-state index is 0.115. The van der Waals surface area contributed by atoms with Crippen molar-refractivity contribution in [3.63, 3.8) is 0 Å². The Hall–Kier alpha value is -1.58. The van der Waals surface area contributed by atoms with E-state index in [1.807, 2.05) is 20.8 Å². The number of nitrogens with zero attached hydrogens (tertiary/aromatic N) is 2. The van der Waals surface area contributed by atoms with Gasteiger partial charge in [-0.25, -0.2) is 4.98 Å². The molecule has 1 N–H and O–H groups in total. The van der Waals surface area contributed by atoms with Crippen LogP contribution in [0.3, 0.4) is 0 Å².